The molecule has 0 aliphatic carbocycles. The molecule has 1 unspecified atom stereocenters. The first kappa shape index (κ1) is 14.9. The van der Waals surface area contributed by atoms with Crippen molar-refractivity contribution in [3.63, 3.8) is 0 Å². The number of hydrogen-bond acceptors (Lipinski definition) is 4. The van der Waals surface area contributed by atoms with Crippen molar-refractivity contribution in [2.24, 2.45) is 0 Å². The second-order valence-corrected chi connectivity index (χ2v) is 4.99. The van der Waals surface area contributed by atoms with Crippen molar-refractivity contribution >= 4 is 0 Å². The van der Waals surface area contributed by atoms with E-state index in [9.17, 15) is 0 Å². The summed E-state index contributed by atoms with van der Waals surface area (Å²) in [7, 11) is 1.76. The molecule has 0 aromatic rings. The Morgan fingerprint density at radius 1 is 1.12 bits per heavy atom. The molecule has 1 atom stereocenters. The standard InChI is InChI=1S/C13H29N3O/c1-4-6-15-8-10-16(11-9-15)7-5-14-13(2)12-17-3/h13-14H,4-12H2,1-3H3. The maximum atomic E-state index is 5.10. The van der Waals surface area contributed by atoms with E-state index < -0.39 is 0 Å². The van der Waals surface area contributed by atoms with Crippen LogP contribution in [0.2, 0.25) is 0 Å². The predicted molar refractivity (Wildman–Crippen MR) is 72.5 cm³/mol. The van der Waals surface area contributed by atoms with Gasteiger partial charge in [-0.15, -0.1) is 0 Å². The van der Waals surface area contributed by atoms with Gasteiger partial charge < -0.3 is 15.0 Å². The van der Waals surface area contributed by atoms with Gasteiger partial charge >= 0.3 is 0 Å². The fourth-order valence-electron chi connectivity index (χ4n) is 2.33. The van der Waals surface area contributed by atoms with Gasteiger partial charge in [0.05, 0.1) is 6.61 Å². The lowest BCUT2D eigenvalue weighted by Crippen LogP contribution is -2.48. The molecule has 1 saturated heterocycles. The van der Waals surface area contributed by atoms with Crippen molar-refractivity contribution in [1.82, 2.24) is 15.1 Å². The van der Waals surface area contributed by atoms with Crippen LogP contribution in [0.1, 0.15) is 20.3 Å². The van der Waals surface area contributed by atoms with Crippen LogP contribution in [0, 0.1) is 0 Å². The molecule has 0 bridgehead atoms. The highest BCUT2D eigenvalue weighted by molar-refractivity contribution is 4.72. The molecule has 1 heterocycles. The lowest BCUT2D eigenvalue weighted by atomic mass is 10.3. The molecule has 0 saturated carbocycles. The zero-order valence-electron chi connectivity index (χ0n) is 11.7. The summed E-state index contributed by atoms with van der Waals surface area (Å²) in [6, 6.07) is 0.460. The van der Waals surface area contributed by atoms with E-state index in [1.165, 1.54) is 39.1 Å². The van der Waals surface area contributed by atoms with Crippen LogP contribution < -0.4 is 5.32 Å². The molecule has 0 aromatic carbocycles. The summed E-state index contributed by atoms with van der Waals surface area (Å²) < 4.78 is 5.10. The molecule has 0 amide bonds. The van der Waals surface area contributed by atoms with Crippen LogP contribution in [0.15, 0.2) is 0 Å². The number of piperazine rings is 1. The van der Waals surface area contributed by atoms with Gasteiger partial charge in [-0.1, -0.05) is 6.92 Å². The summed E-state index contributed by atoms with van der Waals surface area (Å²) in [5.41, 5.74) is 0. The van der Waals surface area contributed by atoms with Gasteiger partial charge in [0.2, 0.25) is 0 Å². The van der Waals surface area contributed by atoms with E-state index >= 15 is 0 Å². The number of nitrogens with one attached hydrogen (secondary N) is 1. The lowest BCUT2D eigenvalue weighted by Gasteiger charge is -2.34. The summed E-state index contributed by atoms with van der Waals surface area (Å²) in [5, 5.41) is 3.49. The Labute approximate surface area is 106 Å². The molecule has 0 aromatic heterocycles. The third-order valence-electron chi connectivity index (χ3n) is 3.34. The monoisotopic (exact) mass is 243 g/mol. The number of hydrogen-bond donors (Lipinski definition) is 1. The summed E-state index contributed by atoms with van der Waals surface area (Å²) in [6.45, 7) is 13.6. The van der Waals surface area contributed by atoms with Gasteiger partial charge in [-0.25, -0.2) is 0 Å². The second-order valence-electron chi connectivity index (χ2n) is 4.99. The van der Waals surface area contributed by atoms with E-state index in [0.717, 1.165) is 19.7 Å². The van der Waals surface area contributed by atoms with Crippen molar-refractivity contribution in [3.8, 4) is 0 Å². The molecule has 1 aliphatic heterocycles. The number of rotatable bonds is 8. The predicted octanol–water partition coefficient (Wildman–Crippen LogP) is 0.639. The third kappa shape index (κ3) is 6.36. The molecule has 1 fully saturated rings. The van der Waals surface area contributed by atoms with Crippen LogP contribution >= 0.6 is 0 Å². The normalized spacial score (nSPS) is 20.6. The first-order valence-corrected chi connectivity index (χ1v) is 6.93. The average Bonchev–Trinajstić information content (AvgIpc) is 2.32. The van der Waals surface area contributed by atoms with Gasteiger partial charge in [-0.05, 0) is 19.9 Å². The average molecular weight is 243 g/mol. The molecule has 1 rings (SSSR count). The van der Waals surface area contributed by atoms with Crippen LogP contribution in [0.4, 0.5) is 0 Å². The third-order valence-corrected chi connectivity index (χ3v) is 3.34. The molecular formula is C13H29N3O. The highest BCUT2D eigenvalue weighted by Gasteiger charge is 2.15. The van der Waals surface area contributed by atoms with Crippen molar-refractivity contribution in [2.75, 3.05) is 59.5 Å². The highest BCUT2D eigenvalue weighted by Crippen LogP contribution is 2.01. The summed E-state index contributed by atoms with van der Waals surface area (Å²) in [4.78, 5) is 5.12. The molecule has 102 valence electrons. The number of methoxy groups -OCH3 is 1. The van der Waals surface area contributed by atoms with Crippen molar-refractivity contribution in [1.29, 1.82) is 0 Å². The Balaban J connectivity index is 2.02. The largest absolute Gasteiger partial charge is 0.383 e. The quantitative estimate of drug-likeness (QED) is 0.677. The molecular weight excluding hydrogens is 214 g/mol. The van der Waals surface area contributed by atoms with E-state index in [1.54, 1.807) is 7.11 Å². The van der Waals surface area contributed by atoms with Crippen LogP contribution in [0.3, 0.4) is 0 Å². The van der Waals surface area contributed by atoms with Gasteiger partial charge in [0.1, 0.15) is 0 Å². The van der Waals surface area contributed by atoms with Crippen molar-refractivity contribution in [3.05, 3.63) is 0 Å². The molecule has 0 radical (unpaired) electrons. The molecule has 1 aliphatic rings. The second kappa shape index (κ2) is 8.86. The number of ether oxygens (including phenoxy) is 1. The van der Waals surface area contributed by atoms with E-state index in [0.29, 0.717) is 6.04 Å². The lowest BCUT2D eigenvalue weighted by molar-refractivity contribution is 0.129. The Hall–Kier alpha value is -0.160. The van der Waals surface area contributed by atoms with E-state index in [4.69, 9.17) is 4.74 Å². The SMILES string of the molecule is CCCN1CCN(CCNC(C)COC)CC1. The molecule has 4 heteroatoms. The minimum absolute atomic E-state index is 0.460. The fraction of sp³-hybridized carbons (Fsp3) is 1.00. The maximum absolute atomic E-state index is 5.10. The van der Waals surface area contributed by atoms with E-state index in [1.807, 2.05) is 0 Å². The van der Waals surface area contributed by atoms with Crippen LogP contribution in [0.25, 0.3) is 0 Å². The smallest absolute Gasteiger partial charge is 0.0613 e. The molecule has 1 N–H and O–H groups in total. The topological polar surface area (TPSA) is 27.7 Å². The Kier molecular flexibility index (Phi) is 7.77. The summed E-state index contributed by atoms with van der Waals surface area (Å²) in [6.07, 6.45) is 1.27. The number of nitrogens with zero attached hydrogens (tertiary/aromatic N) is 2. The Bertz CT molecular complexity index is 182. The van der Waals surface area contributed by atoms with Gasteiger partial charge in [0.25, 0.3) is 0 Å². The Morgan fingerprint density at radius 3 is 2.24 bits per heavy atom. The van der Waals surface area contributed by atoms with Gasteiger partial charge in [-0.2, -0.15) is 0 Å². The van der Waals surface area contributed by atoms with Crippen LogP contribution in [-0.2, 0) is 4.74 Å². The summed E-state index contributed by atoms with van der Waals surface area (Å²) >= 11 is 0. The van der Waals surface area contributed by atoms with E-state index in [-0.39, 0.29) is 0 Å². The first-order valence-electron chi connectivity index (χ1n) is 6.93. The Morgan fingerprint density at radius 2 is 1.71 bits per heavy atom. The maximum Gasteiger partial charge on any atom is 0.0613 e. The summed E-state index contributed by atoms with van der Waals surface area (Å²) in [5.74, 6) is 0. The van der Waals surface area contributed by atoms with Crippen molar-refractivity contribution < 1.29 is 4.74 Å². The molecule has 0 spiro atoms. The minimum atomic E-state index is 0.460. The highest BCUT2D eigenvalue weighted by atomic mass is 16.5. The van der Waals surface area contributed by atoms with Crippen molar-refractivity contribution in [2.45, 2.75) is 26.3 Å². The zero-order chi connectivity index (χ0) is 12.5. The minimum Gasteiger partial charge on any atom is -0.383 e. The molecule has 4 nitrogen and oxygen atoms in total. The van der Waals surface area contributed by atoms with Crippen LogP contribution in [-0.4, -0.2) is 75.4 Å². The van der Waals surface area contributed by atoms with Gasteiger partial charge in [-0.3, -0.25) is 4.90 Å². The van der Waals surface area contributed by atoms with Gasteiger partial charge in [0, 0.05) is 52.4 Å². The zero-order valence-corrected chi connectivity index (χ0v) is 11.7. The van der Waals surface area contributed by atoms with Crippen LogP contribution in [0.5, 0.6) is 0 Å². The fourth-order valence-corrected chi connectivity index (χ4v) is 2.33. The van der Waals surface area contributed by atoms with Gasteiger partial charge in [0.15, 0.2) is 0 Å². The first-order chi connectivity index (χ1) is 8.26. The molecule has 17 heavy (non-hydrogen) atoms. The van der Waals surface area contributed by atoms with E-state index in [2.05, 4.69) is 29.0 Å².